The van der Waals surface area contributed by atoms with Crippen LogP contribution in [0.25, 0.3) is 111 Å². The lowest BCUT2D eigenvalue weighted by molar-refractivity contribution is 1.09. The predicted molar refractivity (Wildman–Crippen MR) is 303 cm³/mol. The van der Waals surface area contributed by atoms with Crippen molar-refractivity contribution < 1.29 is 0 Å². The van der Waals surface area contributed by atoms with Gasteiger partial charge >= 0.3 is 0 Å². The number of fused-ring (bicyclic) bond motifs is 6. The van der Waals surface area contributed by atoms with Gasteiger partial charge in [-0.1, -0.05) is 60.7 Å². The topological polar surface area (TPSA) is 237 Å². The van der Waals surface area contributed by atoms with Crippen molar-refractivity contribution in [2.24, 2.45) is 0 Å². The molecule has 0 N–H and O–H groups in total. The smallest absolute Gasteiger partial charge is 0.0998 e. The molecule has 0 atom stereocenters. The Morgan fingerprint density at radius 3 is 0.863 bits per heavy atom. The van der Waals surface area contributed by atoms with Crippen LogP contribution >= 0.6 is 0 Å². The fourth-order valence-electron chi connectivity index (χ4n) is 10.9. The third kappa shape index (κ3) is 7.82. The highest BCUT2D eigenvalue weighted by Crippen LogP contribution is 2.45. The fraction of sp³-hybridized carbons (Fsp3) is 0. The van der Waals surface area contributed by atoms with Crippen molar-refractivity contribution in [1.29, 1.82) is 47.4 Å². The van der Waals surface area contributed by atoms with E-state index in [0.717, 1.165) is 65.9 Å². The zero-order valence-corrected chi connectivity index (χ0v) is 41.7. The van der Waals surface area contributed by atoms with Gasteiger partial charge in [-0.2, -0.15) is 47.4 Å². The normalized spacial score (nSPS) is 10.6. The van der Waals surface area contributed by atoms with Crippen LogP contribution in [-0.4, -0.2) is 14.1 Å². The molecule has 0 aliphatic carbocycles. The highest BCUT2D eigenvalue weighted by atomic mass is 15.0. The Morgan fingerprint density at radius 1 is 0.275 bits per heavy atom. The quantitative estimate of drug-likeness (QED) is 0.146. The first-order chi connectivity index (χ1) is 39.2. The van der Waals surface area contributed by atoms with Gasteiger partial charge in [-0.15, -0.1) is 0 Å². The summed E-state index contributed by atoms with van der Waals surface area (Å²) in [5, 5.41) is 93.7. The molecule has 0 spiro atoms. The predicted octanol–water partition coefficient (Wildman–Crippen LogP) is 14.5. The van der Waals surface area contributed by atoms with Gasteiger partial charge in [0.15, 0.2) is 0 Å². The molecule has 0 bridgehead atoms. The molecule has 12 rings (SSSR count). The van der Waals surface area contributed by atoms with Crippen molar-refractivity contribution in [2.45, 2.75) is 0 Å². The lowest BCUT2D eigenvalue weighted by Gasteiger charge is -2.20. The van der Waals surface area contributed by atoms with Gasteiger partial charge in [-0.05, 0) is 159 Å². The van der Waals surface area contributed by atoms with Gasteiger partial charge in [-0.25, -0.2) is 0 Å². The van der Waals surface area contributed by atoms with Gasteiger partial charge in [0, 0.05) is 27.1 Å². The molecule has 0 saturated heterocycles. The number of nitrogens with zero attached hydrogens (tertiary/aromatic N) is 12. The first kappa shape index (κ1) is 48.1. The number of aromatic nitrogens is 3. The maximum atomic E-state index is 10.4. The molecule has 0 radical (unpaired) electrons. The zero-order valence-electron chi connectivity index (χ0n) is 41.7. The zero-order chi connectivity index (χ0) is 55.2. The maximum Gasteiger partial charge on any atom is 0.0998 e. The molecule has 12 aromatic rings. The number of pyridine rings is 1. The van der Waals surface area contributed by atoms with Crippen molar-refractivity contribution in [1.82, 2.24) is 14.1 Å². The monoisotopic (exact) mass is 1010 g/mol. The van der Waals surface area contributed by atoms with E-state index in [2.05, 4.69) is 63.8 Å². The average molecular weight is 1020 g/mol. The number of hydrogen-bond donors (Lipinski definition) is 0. The second kappa shape index (κ2) is 19.4. The SMILES string of the molecule is N#Cc1cccc(-c2c(-n3c4ccc(-c5ccc(C#N)cc5C#N)cc4c4cc(-c5ccc(C#N)cc5C#N)ccc43)cncc2-n2c3ccc(-c4ccc(C#N)cc4C#N)cc3c3cc(-c4ccc(C#N)cc4C#N)ccc32)c1. The molecule has 3 aromatic heterocycles. The highest BCUT2D eigenvalue weighted by Gasteiger charge is 2.25. The Hall–Kier alpha value is -12.9. The summed E-state index contributed by atoms with van der Waals surface area (Å²) in [6, 6.07) is 71.0. The van der Waals surface area contributed by atoms with Crippen LogP contribution in [0.5, 0.6) is 0 Å². The van der Waals surface area contributed by atoms with Crippen LogP contribution in [0.4, 0.5) is 0 Å². The molecule has 0 amide bonds. The molecule has 0 fully saturated rings. The number of hydrogen-bond acceptors (Lipinski definition) is 10. The van der Waals surface area contributed by atoms with Crippen LogP contribution in [0.15, 0.2) is 182 Å². The van der Waals surface area contributed by atoms with E-state index in [1.807, 2.05) is 91.0 Å². The van der Waals surface area contributed by atoms with Gasteiger partial charge in [0.2, 0.25) is 0 Å². The molecule has 362 valence electrons. The summed E-state index contributed by atoms with van der Waals surface area (Å²) in [4.78, 5) is 5.01. The first-order valence-corrected chi connectivity index (χ1v) is 24.7. The molecule has 0 saturated carbocycles. The Labute approximate surface area is 456 Å². The maximum absolute atomic E-state index is 10.4. The van der Waals surface area contributed by atoms with Crippen molar-refractivity contribution in [2.75, 3.05) is 0 Å². The van der Waals surface area contributed by atoms with Gasteiger partial charge in [-0.3, -0.25) is 4.98 Å². The van der Waals surface area contributed by atoms with Crippen LogP contribution in [-0.2, 0) is 0 Å². The molecule has 80 heavy (non-hydrogen) atoms. The lowest BCUT2D eigenvalue weighted by Crippen LogP contribution is -2.05. The van der Waals surface area contributed by atoms with Crippen LogP contribution in [0.1, 0.15) is 50.1 Å². The van der Waals surface area contributed by atoms with Crippen molar-refractivity contribution >= 4 is 43.6 Å². The summed E-state index contributed by atoms with van der Waals surface area (Å²) in [5.41, 5.74) is 14.3. The first-order valence-electron chi connectivity index (χ1n) is 24.7. The highest BCUT2D eigenvalue weighted by molar-refractivity contribution is 6.14. The Morgan fingerprint density at radius 2 is 0.575 bits per heavy atom. The molecule has 12 heteroatoms. The molecule has 12 nitrogen and oxygen atoms in total. The van der Waals surface area contributed by atoms with Crippen molar-refractivity contribution in [3.63, 3.8) is 0 Å². The fourth-order valence-corrected chi connectivity index (χ4v) is 10.9. The molecule has 9 aromatic carbocycles. The summed E-state index contributed by atoms with van der Waals surface area (Å²) >= 11 is 0. The summed E-state index contributed by atoms with van der Waals surface area (Å²) in [5.74, 6) is 0. The van der Waals surface area contributed by atoms with Crippen LogP contribution < -0.4 is 0 Å². The largest absolute Gasteiger partial charge is 0.307 e. The van der Waals surface area contributed by atoms with E-state index in [-0.39, 0.29) is 0 Å². The second-order valence-electron chi connectivity index (χ2n) is 18.8. The van der Waals surface area contributed by atoms with Gasteiger partial charge < -0.3 is 9.13 Å². The van der Waals surface area contributed by atoms with Crippen LogP contribution in [0.3, 0.4) is 0 Å². The van der Waals surface area contributed by atoms with Gasteiger partial charge in [0.05, 0.1) is 151 Å². The summed E-state index contributed by atoms with van der Waals surface area (Å²) in [6.45, 7) is 0. The Kier molecular flexibility index (Phi) is 11.7. The minimum absolute atomic E-state index is 0.330. The Bertz CT molecular complexity index is 4590. The number of rotatable bonds is 7. The van der Waals surface area contributed by atoms with E-state index in [1.165, 1.54) is 0 Å². The van der Waals surface area contributed by atoms with Crippen molar-refractivity contribution in [3.8, 4) is 122 Å². The van der Waals surface area contributed by atoms with Crippen LogP contribution in [0.2, 0.25) is 0 Å². The molecule has 3 heterocycles. The molecule has 0 aliphatic heterocycles. The van der Waals surface area contributed by atoms with E-state index in [9.17, 15) is 47.4 Å². The summed E-state index contributed by atoms with van der Waals surface area (Å²) in [7, 11) is 0. The van der Waals surface area contributed by atoms with Crippen LogP contribution in [0, 0.1) is 102 Å². The van der Waals surface area contributed by atoms with Gasteiger partial charge in [0.25, 0.3) is 0 Å². The summed E-state index contributed by atoms with van der Waals surface area (Å²) < 4.78 is 4.23. The van der Waals surface area contributed by atoms with E-state index >= 15 is 0 Å². The third-order valence-corrected chi connectivity index (χ3v) is 14.5. The van der Waals surface area contributed by atoms with E-state index < -0.39 is 0 Å². The summed E-state index contributed by atoms with van der Waals surface area (Å²) in [6.07, 6.45) is 3.57. The molecular weight excluding hydrogens is 985 g/mol. The van der Waals surface area contributed by atoms with E-state index in [0.29, 0.717) is 94.8 Å². The molecular formula is C68H30N12. The second-order valence-corrected chi connectivity index (χ2v) is 18.8. The standard InChI is InChI=1S/C68H30N12/c69-29-40-2-1-3-49(20-40)68-66(79-62-16-8-45(54-12-4-41(30-70)21-50(54)34-74)25-58(62)59-26-46(9-17-63(59)79)55-13-5-42(31-71)22-51(55)35-75)38-78-39-67(68)80-64-18-10-47(56-14-6-43(32-72)23-52(56)36-76)27-60(64)61-28-48(11-19-65(61)80)57-15-7-44(33-73)24-53(57)37-77/h1-28,38-39H. The van der Waals surface area contributed by atoms with Crippen molar-refractivity contribution in [3.05, 3.63) is 232 Å². The molecule has 0 unspecified atom stereocenters. The van der Waals surface area contributed by atoms with E-state index in [1.54, 1.807) is 91.3 Å². The third-order valence-electron chi connectivity index (χ3n) is 14.5. The molecule has 0 aliphatic rings. The minimum Gasteiger partial charge on any atom is -0.307 e. The van der Waals surface area contributed by atoms with E-state index in [4.69, 9.17) is 4.98 Å². The number of nitriles is 9. The average Bonchev–Trinajstić information content (AvgIpc) is 4.25. The number of benzene rings is 9. The Balaban J connectivity index is 1.18. The van der Waals surface area contributed by atoms with Gasteiger partial charge in [0.1, 0.15) is 0 Å². The lowest BCUT2D eigenvalue weighted by atomic mass is 9.95. The minimum atomic E-state index is 0.330.